The third-order valence-corrected chi connectivity index (χ3v) is 6.21. The molecular formula is C26H27N5O. The molecular weight excluding hydrogens is 398 g/mol. The van der Waals surface area contributed by atoms with Gasteiger partial charge in [-0.05, 0) is 48.7 Å². The zero-order chi connectivity index (χ0) is 22.1. The van der Waals surface area contributed by atoms with Crippen molar-refractivity contribution in [2.24, 2.45) is 0 Å². The highest BCUT2D eigenvalue weighted by atomic mass is 16.2. The summed E-state index contributed by atoms with van der Waals surface area (Å²) in [5.74, 6) is 1.24. The molecule has 1 fully saturated rings. The third-order valence-electron chi connectivity index (χ3n) is 6.21. The van der Waals surface area contributed by atoms with E-state index in [-0.39, 0.29) is 11.8 Å². The topological polar surface area (TPSA) is 53.7 Å². The van der Waals surface area contributed by atoms with Crippen molar-refractivity contribution < 1.29 is 4.79 Å². The first-order valence-electron chi connectivity index (χ1n) is 11.1. The van der Waals surface area contributed by atoms with Crippen molar-refractivity contribution in [2.45, 2.75) is 18.8 Å². The highest BCUT2D eigenvalue weighted by molar-refractivity contribution is 5.95. The van der Waals surface area contributed by atoms with E-state index >= 15 is 0 Å². The average Bonchev–Trinajstić information content (AvgIpc) is 3.28. The highest BCUT2D eigenvalue weighted by Gasteiger charge is 2.27. The summed E-state index contributed by atoms with van der Waals surface area (Å²) in [6, 6.07) is 22.2. The largest absolute Gasteiger partial charge is 0.378 e. The Labute approximate surface area is 188 Å². The molecule has 1 saturated heterocycles. The fraction of sp³-hybridized carbons (Fsp3) is 0.269. The Balaban J connectivity index is 1.29. The fourth-order valence-corrected chi connectivity index (χ4v) is 4.32. The van der Waals surface area contributed by atoms with E-state index in [0.717, 1.165) is 59.8 Å². The van der Waals surface area contributed by atoms with Gasteiger partial charge in [0.15, 0.2) is 11.5 Å². The monoisotopic (exact) mass is 425 g/mol. The first-order chi connectivity index (χ1) is 15.6. The molecule has 6 heteroatoms. The number of hydrogen-bond acceptors (Lipinski definition) is 4. The second-order valence-electron chi connectivity index (χ2n) is 8.57. The van der Waals surface area contributed by atoms with Crippen LogP contribution < -0.4 is 4.90 Å². The van der Waals surface area contributed by atoms with Crippen LogP contribution in [0.1, 0.15) is 34.9 Å². The molecule has 0 spiro atoms. The molecule has 0 bridgehead atoms. The molecule has 2 aromatic heterocycles. The van der Waals surface area contributed by atoms with Gasteiger partial charge in [0, 0.05) is 56.1 Å². The van der Waals surface area contributed by atoms with Crippen molar-refractivity contribution in [1.82, 2.24) is 19.5 Å². The van der Waals surface area contributed by atoms with Gasteiger partial charge in [0.05, 0.1) is 0 Å². The van der Waals surface area contributed by atoms with Crippen LogP contribution in [-0.4, -0.2) is 52.6 Å². The molecule has 6 nitrogen and oxygen atoms in total. The first-order valence-corrected chi connectivity index (χ1v) is 11.1. The standard InChI is InChI=1S/C26H27N5O/c1-29(2)23-10-6-9-21(17-23)26(32)30-15-13-20(14-16-30)25-27-24-12-11-22(18-31(24)28-25)19-7-4-3-5-8-19/h3-12,17-18,20H,13-16H2,1-2H3. The number of nitrogens with zero attached hydrogens (tertiary/aromatic N) is 5. The zero-order valence-electron chi connectivity index (χ0n) is 18.5. The molecule has 0 saturated carbocycles. The van der Waals surface area contributed by atoms with Crippen LogP contribution in [0, 0.1) is 0 Å². The molecule has 0 aliphatic carbocycles. The van der Waals surface area contributed by atoms with Crippen LogP contribution in [0.25, 0.3) is 16.8 Å². The maximum absolute atomic E-state index is 13.0. The van der Waals surface area contributed by atoms with E-state index in [0.29, 0.717) is 0 Å². The summed E-state index contributed by atoms with van der Waals surface area (Å²) in [6.07, 6.45) is 3.79. The number of benzene rings is 2. The lowest BCUT2D eigenvalue weighted by Crippen LogP contribution is -2.38. The number of hydrogen-bond donors (Lipinski definition) is 0. The summed E-state index contributed by atoms with van der Waals surface area (Å²) in [6.45, 7) is 1.45. The van der Waals surface area contributed by atoms with Crippen LogP contribution in [0.5, 0.6) is 0 Å². The number of anilines is 1. The quantitative estimate of drug-likeness (QED) is 0.484. The smallest absolute Gasteiger partial charge is 0.253 e. The molecule has 0 radical (unpaired) electrons. The predicted molar refractivity (Wildman–Crippen MR) is 127 cm³/mol. The molecule has 32 heavy (non-hydrogen) atoms. The fourth-order valence-electron chi connectivity index (χ4n) is 4.32. The van der Waals surface area contributed by atoms with E-state index in [9.17, 15) is 4.79 Å². The second-order valence-corrected chi connectivity index (χ2v) is 8.57. The minimum Gasteiger partial charge on any atom is -0.378 e. The van der Waals surface area contributed by atoms with Gasteiger partial charge < -0.3 is 9.80 Å². The van der Waals surface area contributed by atoms with Crippen molar-refractivity contribution in [1.29, 1.82) is 0 Å². The predicted octanol–water partition coefficient (Wildman–Crippen LogP) is 4.48. The normalized spacial score (nSPS) is 14.6. The second kappa shape index (κ2) is 8.46. The van der Waals surface area contributed by atoms with Crippen molar-refractivity contribution in [3.8, 4) is 11.1 Å². The number of fused-ring (bicyclic) bond motifs is 1. The van der Waals surface area contributed by atoms with Gasteiger partial charge in [-0.2, -0.15) is 5.10 Å². The van der Waals surface area contributed by atoms with Gasteiger partial charge in [-0.15, -0.1) is 0 Å². The minimum atomic E-state index is 0.0996. The first kappa shape index (κ1) is 20.2. The van der Waals surface area contributed by atoms with Gasteiger partial charge in [0.25, 0.3) is 5.91 Å². The molecule has 0 atom stereocenters. The maximum Gasteiger partial charge on any atom is 0.253 e. The number of carbonyl (C=O) groups is 1. The van der Waals surface area contributed by atoms with Gasteiger partial charge in [0.2, 0.25) is 0 Å². The van der Waals surface area contributed by atoms with E-state index in [1.165, 1.54) is 0 Å². The lowest BCUT2D eigenvalue weighted by atomic mass is 9.95. The Bertz CT molecular complexity index is 1240. The Morgan fingerprint density at radius 2 is 1.72 bits per heavy atom. The van der Waals surface area contributed by atoms with Crippen molar-refractivity contribution >= 4 is 17.2 Å². The van der Waals surface area contributed by atoms with E-state index in [2.05, 4.69) is 18.2 Å². The Kier molecular flexibility index (Phi) is 5.35. The third kappa shape index (κ3) is 3.96. The molecule has 1 aliphatic heterocycles. The SMILES string of the molecule is CN(C)c1cccc(C(=O)N2CCC(c3nc4ccc(-c5ccccc5)cn4n3)CC2)c1. The number of pyridine rings is 1. The van der Waals surface area contributed by atoms with Gasteiger partial charge in [-0.3, -0.25) is 4.79 Å². The number of likely N-dealkylation sites (tertiary alicyclic amines) is 1. The van der Waals surface area contributed by atoms with Crippen LogP contribution in [0.3, 0.4) is 0 Å². The average molecular weight is 426 g/mol. The minimum absolute atomic E-state index is 0.0996. The number of piperidine rings is 1. The molecule has 2 aromatic carbocycles. The lowest BCUT2D eigenvalue weighted by molar-refractivity contribution is 0.0711. The lowest BCUT2D eigenvalue weighted by Gasteiger charge is -2.31. The molecule has 1 amide bonds. The number of aromatic nitrogens is 3. The van der Waals surface area contributed by atoms with E-state index in [1.54, 1.807) is 0 Å². The van der Waals surface area contributed by atoms with E-state index < -0.39 is 0 Å². The van der Waals surface area contributed by atoms with Crippen LogP contribution in [0.4, 0.5) is 5.69 Å². The van der Waals surface area contributed by atoms with Crippen LogP contribution in [-0.2, 0) is 0 Å². The summed E-state index contributed by atoms with van der Waals surface area (Å²) in [5, 5.41) is 4.78. The van der Waals surface area contributed by atoms with E-state index in [1.807, 2.05) is 83.1 Å². The highest BCUT2D eigenvalue weighted by Crippen LogP contribution is 2.28. The van der Waals surface area contributed by atoms with Gasteiger partial charge >= 0.3 is 0 Å². The summed E-state index contributed by atoms with van der Waals surface area (Å²) in [4.78, 5) is 21.7. The van der Waals surface area contributed by atoms with Crippen LogP contribution >= 0.6 is 0 Å². The molecule has 1 aliphatic rings. The molecule has 0 N–H and O–H groups in total. The van der Waals surface area contributed by atoms with E-state index in [4.69, 9.17) is 10.1 Å². The summed E-state index contributed by atoms with van der Waals surface area (Å²) < 4.78 is 1.88. The Morgan fingerprint density at radius 3 is 2.47 bits per heavy atom. The molecule has 162 valence electrons. The molecule has 5 rings (SSSR count). The number of carbonyl (C=O) groups excluding carboxylic acids is 1. The van der Waals surface area contributed by atoms with Crippen molar-refractivity contribution in [3.63, 3.8) is 0 Å². The zero-order valence-corrected chi connectivity index (χ0v) is 18.5. The van der Waals surface area contributed by atoms with Crippen molar-refractivity contribution in [2.75, 3.05) is 32.1 Å². The Morgan fingerprint density at radius 1 is 0.938 bits per heavy atom. The van der Waals surface area contributed by atoms with Gasteiger partial charge in [-0.1, -0.05) is 36.4 Å². The number of amides is 1. The number of rotatable bonds is 4. The molecule has 4 aromatic rings. The maximum atomic E-state index is 13.0. The molecule has 0 unspecified atom stereocenters. The Hall–Kier alpha value is -3.67. The van der Waals surface area contributed by atoms with Gasteiger partial charge in [-0.25, -0.2) is 9.50 Å². The summed E-state index contributed by atoms with van der Waals surface area (Å²) in [5.41, 5.74) is 4.92. The summed E-state index contributed by atoms with van der Waals surface area (Å²) in [7, 11) is 3.97. The van der Waals surface area contributed by atoms with Crippen LogP contribution in [0.2, 0.25) is 0 Å². The van der Waals surface area contributed by atoms with Crippen molar-refractivity contribution in [3.05, 3.63) is 84.3 Å². The molecule has 3 heterocycles. The summed E-state index contributed by atoms with van der Waals surface area (Å²) >= 11 is 0. The van der Waals surface area contributed by atoms with Gasteiger partial charge in [0.1, 0.15) is 0 Å². The van der Waals surface area contributed by atoms with Crippen LogP contribution in [0.15, 0.2) is 72.9 Å².